The molecule has 0 amide bonds. The van der Waals surface area contributed by atoms with Crippen molar-refractivity contribution in [3.05, 3.63) is 29.0 Å². The normalized spacial score (nSPS) is 11.4. The average Bonchev–Trinajstić information content (AvgIpc) is 2.21. The number of alkyl halides is 2. The molecule has 0 aromatic carbocycles. The maximum absolute atomic E-state index is 12.2. The summed E-state index contributed by atoms with van der Waals surface area (Å²) >= 11 is 5.61. The zero-order chi connectivity index (χ0) is 12.0. The molecule has 0 unspecified atom stereocenters. The Morgan fingerprint density at radius 3 is 2.69 bits per heavy atom. The van der Waals surface area contributed by atoms with Crippen molar-refractivity contribution >= 4 is 11.6 Å². The quantitative estimate of drug-likeness (QED) is 0.782. The Morgan fingerprint density at radius 1 is 1.44 bits per heavy atom. The molecule has 16 heavy (non-hydrogen) atoms. The fraction of sp³-hybridized carbons (Fsp3) is 0.500. The van der Waals surface area contributed by atoms with Crippen molar-refractivity contribution in [2.45, 2.75) is 13.0 Å². The van der Waals surface area contributed by atoms with Gasteiger partial charge in [-0.1, -0.05) is 17.7 Å². The fourth-order valence-corrected chi connectivity index (χ4v) is 1.44. The highest BCUT2D eigenvalue weighted by atomic mass is 35.5. The van der Waals surface area contributed by atoms with Crippen molar-refractivity contribution < 1.29 is 13.9 Å². The molecular weight excluding hydrogens is 238 g/mol. The first-order valence-electron chi connectivity index (χ1n) is 4.83. The second kappa shape index (κ2) is 6.73. The molecule has 0 bridgehead atoms. The Balaban J connectivity index is 2.56. The van der Waals surface area contributed by atoms with Crippen molar-refractivity contribution in [3.63, 3.8) is 0 Å². The number of aliphatic hydroxyl groups excluding tert-OH is 1. The molecule has 0 aliphatic rings. The molecule has 6 heteroatoms. The van der Waals surface area contributed by atoms with Gasteiger partial charge in [0.1, 0.15) is 5.15 Å². The summed E-state index contributed by atoms with van der Waals surface area (Å²) in [5.41, 5.74) is 0.790. The van der Waals surface area contributed by atoms with E-state index in [4.69, 9.17) is 16.7 Å². The van der Waals surface area contributed by atoms with Crippen molar-refractivity contribution in [2.75, 3.05) is 19.7 Å². The third-order valence-electron chi connectivity index (χ3n) is 2.01. The van der Waals surface area contributed by atoms with E-state index in [2.05, 4.69) is 4.98 Å². The predicted molar refractivity (Wildman–Crippen MR) is 57.6 cm³/mol. The molecule has 1 N–H and O–H groups in total. The maximum atomic E-state index is 12.2. The number of hydrogen-bond acceptors (Lipinski definition) is 3. The Kier molecular flexibility index (Phi) is 5.59. The summed E-state index contributed by atoms with van der Waals surface area (Å²) in [6.07, 6.45) is -0.871. The number of nitrogens with zero attached hydrogens (tertiary/aromatic N) is 2. The van der Waals surface area contributed by atoms with Gasteiger partial charge in [-0.05, 0) is 11.6 Å². The molecule has 0 atom stereocenters. The van der Waals surface area contributed by atoms with E-state index >= 15 is 0 Å². The van der Waals surface area contributed by atoms with E-state index in [1.54, 1.807) is 12.1 Å². The molecule has 1 aromatic rings. The van der Waals surface area contributed by atoms with Crippen LogP contribution in [0.5, 0.6) is 0 Å². The SMILES string of the molecule is OCCN(Cc1ccc(Cl)nc1)CC(F)F. The van der Waals surface area contributed by atoms with Crippen LogP contribution in [0, 0.1) is 0 Å². The van der Waals surface area contributed by atoms with Gasteiger partial charge in [-0.25, -0.2) is 13.8 Å². The third kappa shape index (κ3) is 4.83. The summed E-state index contributed by atoms with van der Waals surface area (Å²) in [5.74, 6) is 0. The van der Waals surface area contributed by atoms with E-state index in [9.17, 15) is 8.78 Å². The van der Waals surface area contributed by atoms with Gasteiger partial charge in [0, 0.05) is 19.3 Å². The molecule has 0 aliphatic heterocycles. The minimum absolute atomic E-state index is 0.145. The lowest BCUT2D eigenvalue weighted by Gasteiger charge is -2.20. The smallest absolute Gasteiger partial charge is 0.251 e. The van der Waals surface area contributed by atoms with E-state index in [0.717, 1.165) is 5.56 Å². The molecule has 1 aromatic heterocycles. The molecule has 90 valence electrons. The fourth-order valence-electron chi connectivity index (χ4n) is 1.33. The summed E-state index contributed by atoms with van der Waals surface area (Å²) in [7, 11) is 0. The molecule has 1 heterocycles. The van der Waals surface area contributed by atoms with Crippen LogP contribution in [0.1, 0.15) is 5.56 Å². The van der Waals surface area contributed by atoms with Gasteiger partial charge >= 0.3 is 0 Å². The highest BCUT2D eigenvalue weighted by Crippen LogP contribution is 2.09. The van der Waals surface area contributed by atoms with Crippen LogP contribution in [0.4, 0.5) is 8.78 Å². The molecule has 0 fully saturated rings. The van der Waals surface area contributed by atoms with Gasteiger partial charge in [-0.15, -0.1) is 0 Å². The van der Waals surface area contributed by atoms with Gasteiger partial charge in [0.05, 0.1) is 13.2 Å². The monoisotopic (exact) mass is 250 g/mol. The molecule has 0 radical (unpaired) electrons. The van der Waals surface area contributed by atoms with E-state index in [1.807, 2.05) is 0 Å². The standard InChI is InChI=1S/C10H13ClF2N2O/c11-9-2-1-8(5-14-9)6-15(3-4-16)7-10(12)13/h1-2,5,10,16H,3-4,6-7H2. The third-order valence-corrected chi connectivity index (χ3v) is 2.23. The Hall–Kier alpha value is -0.780. The summed E-state index contributed by atoms with van der Waals surface area (Å²) in [4.78, 5) is 5.33. The first-order valence-corrected chi connectivity index (χ1v) is 5.21. The number of halogens is 3. The summed E-state index contributed by atoms with van der Waals surface area (Å²) in [6, 6.07) is 3.33. The summed E-state index contributed by atoms with van der Waals surface area (Å²) < 4.78 is 24.4. The van der Waals surface area contributed by atoms with E-state index in [-0.39, 0.29) is 19.7 Å². The van der Waals surface area contributed by atoms with Gasteiger partial charge in [-0.2, -0.15) is 0 Å². The van der Waals surface area contributed by atoms with Gasteiger partial charge in [-0.3, -0.25) is 4.90 Å². The van der Waals surface area contributed by atoms with Crippen LogP contribution in [-0.2, 0) is 6.54 Å². The summed E-state index contributed by atoms with van der Waals surface area (Å²) in [6.45, 7) is 0.0406. The topological polar surface area (TPSA) is 36.4 Å². The van der Waals surface area contributed by atoms with Crippen molar-refractivity contribution in [1.82, 2.24) is 9.88 Å². The van der Waals surface area contributed by atoms with Crippen LogP contribution in [0.25, 0.3) is 0 Å². The van der Waals surface area contributed by atoms with Crippen LogP contribution in [-0.4, -0.2) is 41.1 Å². The maximum Gasteiger partial charge on any atom is 0.251 e. The van der Waals surface area contributed by atoms with Gasteiger partial charge in [0.25, 0.3) is 6.43 Å². The molecule has 0 saturated heterocycles. The number of aromatic nitrogens is 1. The zero-order valence-corrected chi connectivity index (χ0v) is 9.37. The first kappa shape index (κ1) is 13.3. The lowest BCUT2D eigenvalue weighted by Crippen LogP contribution is -2.31. The lowest BCUT2D eigenvalue weighted by molar-refractivity contribution is 0.0746. The van der Waals surface area contributed by atoms with Crippen LogP contribution < -0.4 is 0 Å². The predicted octanol–water partition coefficient (Wildman–Crippen LogP) is 1.79. The molecule has 1 rings (SSSR count). The number of hydrogen-bond donors (Lipinski definition) is 1. The highest BCUT2D eigenvalue weighted by Gasteiger charge is 2.12. The Bertz CT molecular complexity index is 308. The minimum atomic E-state index is -2.41. The molecule has 0 spiro atoms. The van der Waals surface area contributed by atoms with Crippen LogP contribution in [0.2, 0.25) is 5.15 Å². The van der Waals surface area contributed by atoms with Crippen LogP contribution in [0.15, 0.2) is 18.3 Å². The van der Waals surface area contributed by atoms with Crippen LogP contribution >= 0.6 is 11.6 Å². The second-order valence-electron chi connectivity index (χ2n) is 3.34. The molecule has 0 aliphatic carbocycles. The van der Waals surface area contributed by atoms with Gasteiger partial charge < -0.3 is 5.11 Å². The molecular formula is C10H13ClF2N2O. The van der Waals surface area contributed by atoms with Gasteiger partial charge in [0.2, 0.25) is 0 Å². The van der Waals surface area contributed by atoms with Crippen molar-refractivity contribution in [2.24, 2.45) is 0 Å². The minimum Gasteiger partial charge on any atom is -0.395 e. The summed E-state index contributed by atoms with van der Waals surface area (Å²) in [5, 5.41) is 9.12. The average molecular weight is 251 g/mol. The van der Waals surface area contributed by atoms with E-state index < -0.39 is 6.43 Å². The molecule has 0 saturated carbocycles. The number of rotatable bonds is 6. The van der Waals surface area contributed by atoms with Gasteiger partial charge in [0.15, 0.2) is 0 Å². The highest BCUT2D eigenvalue weighted by molar-refractivity contribution is 6.29. The Morgan fingerprint density at radius 2 is 2.19 bits per heavy atom. The lowest BCUT2D eigenvalue weighted by atomic mass is 10.2. The Labute approximate surface area is 97.7 Å². The second-order valence-corrected chi connectivity index (χ2v) is 3.73. The molecule has 3 nitrogen and oxygen atoms in total. The number of aliphatic hydroxyl groups is 1. The largest absolute Gasteiger partial charge is 0.395 e. The van der Waals surface area contributed by atoms with Crippen molar-refractivity contribution in [1.29, 1.82) is 0 Å². The van der Waals surface area contributed by atoms with Crippen molar-refractivity contribution in [3.8, 4) is 0 Å². The van der Waals surface area contributed by atoms with E-state index in [1.165, 1.54) is 11.1 Å². The van der Waals surface area contributed by atoms with Crippen LogP contribution in [0.3, 0.4) is 0 Å². The van der Waals surface area contributed by atoms with E-state index in [0.29, 0.717) is 11.7 Å². The first-order chi connectivity index (χ1) is 7.61. The number of pyridine rings is 1. The zero-order valence-electron chi connectivity index (χ0n) is 8.61.